The number of fused-ring (bicyclic) bond motifs is 1. The van der Waals surface area contributed by atoms with Crippen molar-refractivity contribution in [2.75, 3.05) is 23.9 Å². The Morgan fingerprint density at radius 3 is 2.42 bits per heavy atom. The number of tetrazole rings is 1. The van der Waals surface area contributed by atoms with Gasteiger partial charge in [0.05, 0.1) is 18.5 Å². The van der Waals surface area contributed by atoms with Crippen LogP contribution in [0.25, 0.3) is 10.8 Å². The molecular formula is C25H24N6O6S. The molecule has 0 spiro atoms. The van der Waals surface area contributed by atoms with E-state index in [0.29, 0.717) is 16.3 Å². The van der Waals surface area contributed by atoms with Crippen molar-refractivity contribution in [1.29, 1.82) is 0 Å². The second-order valence-electron chi connectivity index (χ2n) is 8.19. The lowest BCUT2D eigenvalue weighted by molar-refractivity contribution is -0.138. The number of aromatic nitrogens is 4. The molecular weight excluding hydrogens is 512 g/mol. The van der Waals surface area contributed by atoms with Crippen molar-refractivity contribution in [3.8, 4) is 5.75 Å². The van der Waals surface area contributed by atoms with E-state index in [2.05, 4.69) is 15.7 Å². The molecule has 1 aromatic heterocycles. The zero-order chi connectivity index (χ0) is 27.4. The number of nitrogens with one attached hydrogen (secondary N) is 1. The summed E-state index contributed by atoms with van der Waals surface area (Å²) in [4.78, 5) is 39.6. The summed E-state index contributed by atoms with van der Waals surface area (Å²) >= 11 is 5.16. The molecule has 0 radical (unpaired) electrons. The van der Waals surface area contributed by atoms with E-state index in [1.165, 1.54) is 22.5 Å². The minimum absolute atomic E-state index is 0.0331. The van der Waals surface area contributed by atoms with Gasteiger partial charge in [-0.05, 0) is 47.3 Å². The fourth-order valence-electron chi connectivity index (χ4n) is 3.75. The Labute approximate surface area is 222 Å². The third kappa shape index (κ3) is 5.32. The van der Waals surface area contributed by atoms with E-state index in [0.717, 1.165) is 10.5 Å². The van der Waals surface area contributed by atoms with Gasteiger partial charge in [-0.25, -0.2) is 9.48 Å². The molecule has 196 valence electrons. The molecule has 0 aliphatic heterocycles. The van der Waals surface area contributed by atoms with Crippen molar-refractivity contribution < 1.29 is 29.0 Å². The second-order valence-corrected chi connectivity index (χ2v) is 8.56. The molecule has 4 rings (SSSR count). The van der Waals surface area contributed by atoms with Gasteiger partial charge in [-0.2, -0.15) is 4.68 Å². The smallest absolute Gasteiger partial charge is 0.416 e. The molecule has 0 saturated heterocycles. The minimum atomic E-state index is -0.921. The number of nitrogens with zero attached hydrogens (tertiary/aromatic N) is 5. The lowest BCUT2D eigenvalue weighted by Crippen LogP contribution is -2.37. The summed E-state index contributed by atoms with van der Waals surface area (Å²) in [7, 11) is 2.78. The molecule has 12 nitrogen and oxygen atoms in total. The first-order chi connectivity index (χ1) is 18.2. The van der Waals surface area contributed by atoms with E-state index in [9.17, 15) is 19.5 Å². The van der Waals surface area contributed by atoms with Crippen LogP contribution in [0, 0.1) is 11.7 Å². The van der Waals surface area contributed by atoms with E-state index in [1.54, 1.807) is 56.4 Å². The van der Waals surface area contributed by atoms with Gasteiger partial charge in [0.25, 0.3) is 5.91 Å². The fourth-order valence-corrected chi connectivity index (χ4v) is 3.87. The van der Waals surface area contributed by atoms with Crippen LogP contribution in [0.2, 0.25) is 0 Å². The zero-order valence-corrected chi connectivity index (χ0v) is 21.6. The molecule has 0 aliphatic rings. The predicted molar refractivity (Wildman–Crippen MR) is 140 cm³/mol. The molecule has 3 aromatic carbocycles. The van der Waals surface area contributed by atoms with Crippen molar-refractivity contribution in [3.05, 3.63) is 70.5 Å². The zero-order valence-electron chi connectivity index (χ0n) is 20.7. The van der Waals surface area contributed by atoms with E-state index < -0.39 is 24.5 Å². The molecule has 0 fully saturated rings. The van der Waals surface area contributed by atoms with Gasteiger partial charge >= 0.3 is 12.1 Å². The Hall–Kier alpha value is -4.78. The maximum atomic E-state index is 13.3. The topological polar surface area (TPSA) is 141 Å². The highest BCUT2D eigenvalue weighted by Crippen LogP contribution is 2.40. The maximum absolute atomic E-state index is 13.3. The average Bonchev–Trinajstić information content (AvgIpc) is 3.24. The molecule has 38 heavy (non-hydrogen) atoms. The number of hydrogen-bond acceptors (Lipinski definition) is 9. The van der Waals surface area contributed by atoms with Gasteiger partial charge in [-0.3, -0.25) is 14.5 Å². The molecule has 0 saturated carbocycles. The highest BCUT2D eigenvalue weighted by Gasteiger charge is 2.26. The molecule has 13 heteroatoms. The van der Waals surface area contributed by atoms with E-state index in [1.807, 2.05) is 6.07 Å². The van der Waals surface area contributed by atoms with E-state index in [-0.39, 0.29) is 28.6 Å². The monoisotopic (exact) mass is 536 g/mol. The summed E-state index contributed by atoms with van der Waals surface area (Å²) in [6, 6.07) is 15.1. The largest absolute Gasteiger partial charge is 0.505 e. The number of anilines is 2. The number of ether oxygens (including phenoxy) is 2. The molecule has 1 heterocycles. The van der Waals surface area contributed by atoms with Crippen LogP contribution in [0.15, 0.2) is 54.6 Å². The van der Waals surface area contributed by atoms with Crippen molar-refractivity contribution in [2.45, 2.75) is 13.7 Å². The quantitative estimate of drug-likeness (QED) is 0.206. The lowest BCUT2D eigenvalue weighted by Gasteiger charge is -2.24. The van der Waals surface area contributed by atoms with Crippen LogP contribution < -0.4 is 10.2 Å². The third-order valence-electron chi connectivity index (χ3n) is 5.75. The number of rotatable bonds is 7. The summed E-state index contributed by atoms with van der Waals surface area (Å²) in [6.07, 6.45) is -0.921. The van der Waals surface area contributed by atoms with Crippen molar-refractivity contribution in [1.82, 2.24) is 19.8 Å². The first kappa shape index (κ1) is 26.3. The minimum Gasteiger partial charge on any atom is -0.505 e. The molecule has 2 amide bonds. The molecule has 0 unspecified atom stereocenters. The maximum Gasteiger partial charge on any atom is 0.416 e. The average molecular weight is 537 g/mol. The number of amides is 2. The van der Waals surface area contributed by atoms with Gasteiger partial charge in [0.2, 0.25) is 4.77 Å². The number of methoxy groups -OCH3 is 1. The van der Waals surface area contributed by atoms with Crippen molar-refractivity contribution >= 4 is 52.3 Å². The summed E-state index contributed by atoms with van der Waals surface area (Å²) in [5.41, 5.74) is 1.37. The standard InChI is InChI=1S/C25H24N6O6S/c1-15-8-4-5-9-16(15)23(34)26-19-12-20(17-10-6-7-11-18(17)22(19)33)30(13-21(32)36-3)25(35)37-14-31-24(38)29(2)27-28-31/h4-12,33H,13-14H2,1-3H3,(H,26,34). The van der Waals surface area contributed by atoms with Crippen LogP contribution in [-0.4, -0.2) is 56.5 Å². The van der Waals surface area contributed by atoms with Crippen molar-refractivity contribution in [3.63, 3.8) is 0 Å². The summed E-state index contributed by atoms with van der Waals surface area (Å²) in [5.74, 6) is -1.39. The Kier molecular flexibility index (Phi) is 7.67. The highest BCUT2D eigenvalue weighted by atomic mass is 32.1. The van der Waals surface area contributed by atoms with E-state index >= 15 is 0 Å². The summed E-state index contributed by atoms with van der Waals surface area (Å²) < 4.78 is 12.9. The molecule has 0 aliphatic carbocycles. The number of phenols is 1. The molecule has 4 aromatic rings. The Balaban J connectivity index is 1.76. The van der Waals surface area contributed by atoms with Gasteiger partial charge in [-0.15, -0.1) is 0 Å². The van der Waals surface area contributed by atoms with Crippen LogP contribution in [0.3, 0.4) is 0 Å². The summed E-state index contributed by atoms with van der Waals surface area (Å²) in [5, 5.41) is 22.0. The van der Waals surface area contributed by atoms with Crippen molar-refractivity contribution in [2.24, 2.45) is 7.05 Å². The van der Waals surface area contributed by atoms with Gasteiger partial charge in [-0.1, -0.05) is 42.5 Å². The number of benzene rings is 3. The number of aryl methyl sites for hydroxylation is 2. The van der Waals surface area contributed by atoms with Crippen LogP contribution in [0.1, 0.15) is 15.9 Å². The van der Waals surface area contributed by atoms with Crippen LogP contribution >= 0.6 is 12.2 Å². The molecule has 2 N–H and O–H groups in total. The highest BCUT2D eigenvalue weighted by molar-refractivity contribution is 7.71. The second kappa shape index (κ2) is 11.1. The number of carbonyl (C=O) groups is 3. The number of carbonyl (C=O) groups excluding carboxylic acids is 3. The fraction of sp³-hybridized carbons (Fsp3) is 0.200. The van der Waals surface area contributed by atoms with Crippen LogP contribution in [-0.2, 0) is 28.0 Å². The Morgan fingerprint density at radius 1 is 1.08 bits per heavy atom. The van der Waals surface area contributed by atoms with Gasteiger partial charge in [0.1, 0.15) is 12.3 Å². The van der Waals surface area contributed by atoms with Gasteiger partial charge in [0.15, 0.2) is 6.73 Å². The first-order valence-corrected chi connectivity index (χ1v) is 11.7. The Bertz CT molecular complexity index is 1600. The Morgan fingerprint density at radius 2 is 1.76 bits per heavy atom. The third-order valence-corrected chi connectivity index (χ3v) is 6.22. The first-order valence-electron chi connectivity index (χ1n) is 11.3. The van der Waals surface area contributed by atoms with Gasteiger partial charge < -0.3 is 19.9 Å². The normalized spacial score (nSPS) is 10.7. The number of esters is 1. The summed E-state index contributed by atoms with van der Waals surface area (Å²) in [6.45, 7) is 0.912. The predicted octanol–water partition coefficient (Wildman–Crippen LogP) is 3.54. The van der Waals surface area contributed by atoms with Gasteiger partial charge in [0, 0.05) is 23.4 Å². The van der Waals surface area contributed by atoms with E-state index in [4.69, 9.17) is 21.7 Å². The number of hydrogen-bond donors (Lipinski definition) is 2. The molecule has 0 atom stereocenters. The molecule has 0 bridgehead atoms. The number of phenolic OH excluding ortho intramolecular Hbond substituents is 1. The number of aromatic hydroxyl groups is 1. The van der Waals surface area contributed by atoms with Crippen LogP contribution in [0.4, 0.5) is 16.2 Å². The SMILES string of the molecule is COC(=O)CN(C(=O)OCn1nnn(C)c1=S)c1cc(NC(=O)c2ccccc2C)c(O)c2ccccc12. The van der Waals surface area contributed by atoms with Crippen LogP contribution in [0.5, 0.6) is 5.75 Å². The lowest BCUT2D eigenvalue weighted by atomic mass is 10.0.